The maximum Gasteiger partial charge on any atom is 0.263 e. The normalized spacial score (nSPS) is 12.0. The van der Waals surface area contributed by atoms with Crippen molar-refractivity contribution in [2.45, 2.75) is 26.3 Å². The van der Waals surface area contributed by atoms with Crippen molar-refractivity contribution >= 4 is 11.6 Å². The van der Waals surface area contributed by atoms with Gasteiger partial charge in [0.2, 0.25) is 0 Å². The van der Waals surface area contributed by atoms with E-state index >= 15 is 0 Å². The molecule has 0 saturated carbocycles. The van der Waals surface area contributed by atoms with Crippen LogP contribution in [0.15, 0.2) is 60.3 Å². The molecular formula is C21H23N3O2. The molecule has 5 heteroatoms. The second-order valence-corrected chi connectivity index (χ2v) is 5.79. The van der Waals surface area contributed by atoms with Crippen molar-refractivity contribution < 1.29 is 9.53 Å². The number of nitrogens with one attached hydrogen (secondary N) is 2. The van der Waals surface area contributed by atoms with Gasteiger partial charge in [0, 0.05) is 11.9 Å². The third-order valence-corrected chi connectivity index (χ3v) is 4.10. The van der Waals surface area contributed by atoms with Gasteiger partial charge in [0.05, 0.1) is 13.2 Å². The summed E-state index contributed by atoms with van der Waals surface area (Å²) in [6, 6.07) is 17.0. The Bertz CT molecular complexity index is 820. The molecule has 0 aliphatic rings. The molecule has 1 atom stereocenters. The molecule has 0 aromatic heterocycles. The van der Waals surface area contributed by atoms with Crippen molar-refractivity contribution in [3.63, 3.8) is 0 Å². The number of carbonyl (C=O) groups is 1. The van der Waals surface area contributed by atoms with E-state index in [1.165, 1.54) is 6.20 Å². The van der Waals surface area contributed by atoms with Gasteiger partial charge in [-0.05, 0) is 42.7 Å². The van der Waals surface area contributed by atoms with Crippen molar-refractivity contribution in [3.8, 4) is 11.8 Å². The highest BCUT2D eigenvalue weighted by Gasteiger charge is 2.14. The first-order valence-electron chi connectivity index (χ1n) is 8.48. The van der Waals surface area contributed by atoms with E-state index in [9.17, 15) is 10.1 Å². The van der Waals surface area contributed by atoms with Gasteiger partial charge in [0.15, 0.2) is 0 Å². The van der Waals surface area contributed by atoms with E-state index in [2.05, 4.69) is 17.6 Å². The summed E-state index contributed by atoms with van der Waals surface area (Å²) >= 11 is 0. The maximum absolute atomic E-state index is 12.4. The Kier molecular flexibility index (Phi) is 6.81. The van der Waals surface area contributed by atoms with Crippen LogP contribution in [0.3, 0.4) is 0 Å². The SMILES string of the molecule is CCc1ccccc1N/C=C(/C#N)C(=O)NC(C)c1ccc(OC)cc1. The molecule has 1 amide bonds. The number of methoxy groups -OCH3 is 1. The van der Waals surface area contributed by atoms with Crippen LogP contribution < -0.4 is 15.4 Å². The third kappa shape index (κ3) is 4.87. The van der Waals surface area contributed by atoms with E-state index in [0.29, 0.717) is 0 Å². The molecule has 5 nitrogen and oxygen atoms in total. The van der Waals surface area contributed by atoms with Crippen LogP contribution in [0.1, 0.15) is 31.0 Å². The van der Waals surface area contributed by atoms with Gasteiger partial charge in [-0.2, -0.15) is 5.26 Å². The number of rotatable bonds is 7. The molecule has 2 aromatic rings. The van der Waals surface area contributed by atoms with Gasteiger partial charge in [0.25, 0.3) is 5.91 Å². The van der Waals surface area contributed by atoms with Gasteiger partial charge in [-0.15, -0.1) is 0 Å². The molecule has 0 saturated heterocycles. The monoisotopic (exact) mass is 349 g/mol. The molecule has 2 aromatic carbocycles. The van der Waals surface area contributed by atoms with Crippen molar-refractivity contribution in [2.24, 2.45) is 0 Å². The lowest BCUT2D eigenvalue weighted by atomic mass is 10.1. The van der Waals surface area contributed by atoms with Crippen molar-refractivity contribution in [1.82, 2.24) is 5.32 Å². The lowest BCUT2D eigenvalue weighted by Gasteiger charge is -2.14. The molecule has 2 N–H and O–H groups in total. The van der Waals surface area contributed by atoms with Crippen LogP contribution in [-0.4, -0.2) is 13.0 Å². The molecule has 0 bridgehead atoms. The Morgan fingerprint density at radius 1 is 1.23 bits per heavy atom. The van der Waals surface area contributed by atoms with Crippen LogP contribution in [-0.2, 0) is 11.2 Å². The van der Waals surface area contributed by atoms with Crippen LogP contribution in [0.2, 0.25) is 0 Å². The Morgan fingerprint density at radius 3 is 2.54 bits per heavy atom. The fourth-order valence-corrected chi connectivity index (χ4v) is 2.52. The van der Waals surface area contributed by atoms with Crippen LogP contribution in [0.5, 0.6) is 5.75 Å². The van der Waals surface area contributed by atoms with Crippen LogP contribution >= 0.6 is 0 Å². The molecule has 134 valence electrons. The number of carbonyl (C=O) groups excluding carboxylic acids is 1. The Labute approximate surface area is 154 Å². The number of amides is 1. The number of nitriles is 1. The highest BCUT2D eigenvalue weighted by atomic mass is 16.5. The molecule has 1 unspecified atom stereocenters. The fourth-order valence-electron chi connectivity index (χ4n) is 2.52. The second-order valence-electron chi connectivity index (χ2n) is 5.79. The largest absolute Gasteiger partial charge is 0.497 e. The summed E-state index contributed by atoms with van der Waals surface area (Å²) in [5.41, 5.74) is 2.96. The average Bonchev–Trinajstić information content (AvgIpc) is 2.68. The smallest absolute Gasteiger partial charge is 0.263 e. The second kappa shape index (κ2) is 9.28. The quantitative estimate of drug-likeness (QED) is 0.586. The summed E-state index contributed by atoms with van der Waals surface area (Å²) in [6.07, 6.45) is 2.31. The van der Waals surface area contributed by atoms with Gasteiger partial charge >= 0.3 is 0 Å². The van der Waals surface area contributed by atoms with Crippen molar-refractivity contribution in [2.75, 3.05) is 12.4 Å². The van der Waals surface area contributed by atoms with Gasteiger partial charge in [-0.1, -0.05) is 37.3 Å². The number of para-hydroxylation sites is 1. The standard InChI is InChI=1S/C21H23N3O2/c1-4-16-7-5-6-8-20(16)23-14-18(13-22)21(25)24-15(2)17-9-11-19(26-3)12-10-17/h5-12,14-15,23H,4H2,1-3H3,(H,24,25)/b18-14-. The van der Waals surface area contributed by atoms with E-state index in [4.69, 9.17) is 4.74 Å². The van der Waals surface area contributed by atoms with Crippen molar-refractivity contribution in [3.05, 3.63) is 71.4 Å². The third-order valence-electron chi connectivity index (χ3n) is 4.10. The summed E-state index contributed by atoms with van der Waals surface area (Å²) in [7, 11) is 1.61. The molecule has 26 heavy (non-hydrogen) atoms. The zero-order chi connectivity index (χ0) is 18.9. The van der Waals surface area contributed by atoms with Crippen LogP contribution in [0.4, 0.5) is 5.69 Å². The number of ether oxygens (including phenoxy) is 1. The van der Waals surface area contributed by atoms with Crippen molar-refractivity contribution in [1.29, 1.82) is 5.26 Å². The summed E-state index contributed by atoms with van der Waals surface area (Å²) in [5.74, 6) is 0.334. The topological polar surface area (TPSA) is 74.2 Å². The number of benzene rings is 2. The highest BCUT2D eigenvalue weighted by Crippen LogP contribution is 2.18. The Hall–Kier alpha value is -3.26. The number of anilines is 1. The summed E-state index contributed by atoms with van der Waals surface area (Å²) in [5, 5.41) is 15.2. The average molecular weight is 349 g/mol. The maximum atomic E-state index is 12.4. The number of hydrogen-bond acceptors (Lipinski definition) is 4. The molecule has 0 radical (unpaired) electrons. The molecule has 2 rings (SSSR count). The number of aryl methyl sites for hydroxylation is 1. The molecular weight excluding hydrogens is 326 g/mol. The first-order valence-corrected chi connectivity index (χ1v) is 8.48. The molecule has 0 spiro atoms. The van der Waals surface area contributed by atoms with Gasteiger partial charge in [0.1, 0.15) is 17.4 Å². The Balaban J connectivity index is 2.06. The predicted molar refractivity (Wildman–Crippen MR) is 103 cm³/mol. The lowest BCUT2D eigenvalue weighted by molar-refractivity contribution is -0.117. The molecule has 0 aliphatic carbocycles. The van der Waals surface area contributed by atoms with Crippen LogP contribution in [0, 0.1) is 11.3 Å². The van der Waals surface area contributed by atoms with Gasteiger partial charge in [-0.25, -0.2) is 0 Å². The summed E-state index contributed by atoms with van der Waals surface area (Å²) < 4.78 is 5.13. The highest BCUT2D eigenvalue weighted by molar-refractivity contribution is 5.97. The summed E-state index contributed by atoms with van der Waals surface area (Å²) in [6.45, 7) is 3.92. The minimum atomic E-state index is -0.419. The van der Waals surface area contributed by atoms with Gasteiger partial charge < -0.3 is 15.4 Å². The molecule has 0 fully saturated rings. The van der Waals surface area contributed by atoms with E-state index in [1.54, 1.807) is 7.11 Å². The van der Waals surface area contributed by atoms with Crippen LogP contribution in [0.25, 0.3) is 0 Å². The minimum Gasteiger partial charge on any atom is -0.497 e. The van der Waals surface area contributed by atoms with E-state index < -0.39 is 5.91 Å². The predicted octanol–water partition coefficient (Wildman–Crippen LogP) is 3.95. The first-order chi connectivity index (χ1) is 12.6. The first kappa shape index (κ1) is 19.1. The minimum absolute atomic E-state index is 0.0243. The zero-order valence-corrected chi connectivity index (χ0v) is 15.2. The van der Waals surface area contributed by atoms with E-state index in [0.717, 1.165) is 29.0 Å². The zero-order valence-electron chi connectivity index (χ0n) is 15.2. The molecule has 0 aliphatic heterocycles. The number of nitrogens with zero attached hydrogens (tertiary/aromatic N) is 1. The van der Waals surface area contributed by atoms with Gasteiger partial charge in [-0.3, -0.25) is 4.79 Å². The Morgan fingerprint density at radius 2 is 1.92 bits per heavy atom. The number of hydrogen-bond donors (Lipinski definition) is 2. The lowest BCUT2D eigenvalue weighted by Crippen LogP contribution is -2.28. The van der Waals surface area contributed by atoms with E-state index in [-0.39, 0.29) is 11.6 Å². The molecule has 0 heterocycles. The van der Waals surface area contributed by atoms with E-state index in [1.807, 2.05) is 61.5 Å². The summed E-state index contributed by atoms with van der Waals surface area (Å²) in [4.78, 5) is 12.4. The fraction of sp³-hybridized carbons (Fsp3) is 0.238.